The van der Waals surface area contributed by atoms with Gasteiger partial charge in [0, 0.05) is 28.1 Å². The molecule has 0 spiro atoms. The van der Waals surface area contributed by atoms with Crippen molar-refractivity contribution in [1.82, 2.24) is 4.98 Å². The van der Waals surface area contributed by atoms with Crippen LogP contribution in [0.25, 0.3) is 10.8 Å². The Kier molecular flexibility index (Phi) is 3.65. The molecule has 4 nitrogen and oxygen atoms in total. The van der Waals surface area contributed by atoms with Crippen LogP contribution >= 0.6 is 8.46 Å². The van der Waals surface area contributed by atoms with E-state index in [1.165, 1.54) is 0 Å². The van der Waals surface area contributed by atoms with Crippen LogP contribution in [-0.4, -0.2) is 10.8 Å². The maximum Gasteiger partial charge on any atom is 0.288 e. The summed E-state index contributed by atoms with van der Waals surface area (Å²) < 4.78 is 10.8. The van der Waals surface area contributed by atoms with E-state index in [0.717, 1.165) is 10.8 Å². The number of aromatic amines is 1. The molecule has 1 aromatic heterocycles. The SMILES string of the molecule is NC(=[NH2+])c1[nH]c(P=O)c2ccccc12.[Cr]. The standard InChI is InChI=1S/C9H8N3OP.Cr/c10-8(11)7-5-3-1-2-4-6(5)9(12-7)14-13;/h1-4,12H,(H3,10,11);/p+1. The first-order valence-corrected chi connectivity index (χ1v) is 4.87. The van der Waals surface area contributed by atoms with Crippen LogP contribution in [0.1, 0.15) is 5.69 Å². The zero-order valence-electron chi connectivity index (χ0n) is 7.73. The van der Waals surface area contributed by atoms with E-state index in [4.69, 9.17) is 11.1 Å². The van der Waals surface area contributed by atoms with Crippen LogP contribution in [0.2, 0.25) is 0 Å². The molecule has 5 N–H and O–H groups in total. The number of nitrogens with two attached hydrogens (primary N) is 2. The smallest absolute Gasteiger partial charge is 0.288 e. The number of benzene rings is 1. The Labute approximate surface area is 98.7 Å². The van der Waals surface area contributed by atoms with Gasteiger partial charge in [0.25, 0.3) is 5.84 Å². The van der Waals surface area contributed by atoms with E-state index >= 15 is 0 Å². The van der Waals surface area contributed by atoms with Crippen molar-refractivity contribution in [3.8, 4) is 0 Å². The van der Waals surface area contributed by atoms with Crippen molar-refractivity contribution in [1.29, 1.82) is 0 Å². The van der Waals surface area contributed by atoms with Gasteiger partial charge >= 0.3 is 0 Å². The molecule has 6 heteroatoms. The minimum atomic E-state index is -0.0630. The van der Waals surface area contributed by atoms with Crippen LogP contribution in [0.5, 0.6) is 0 Å². The Morgan fingerprint density at radius 3 is 2.47 bits per heavy atom. The van der Waals surface area contributed by atoms with Crippen molar-refractivity contribution in [3.05, 3.63) is 30.0 Å². The predicted molar refractivity (Wildman–Crippen MR) is 55.8 cm³/mol. The normalized spacial score (nSPS) is 10.1. The van der Waals surface area contributed by atoms with Crippen molar-refractivity contribution in [2.45, 2.75) is 0 Å². The third kappa shape index (κ3) is 1.95. The number of aromatic nitrogens is 1. The summed E-state index contributed by atoms with van der Waals surface area (Å²) >= 11 is 0. The summed E-state index contributed by atoms with van der Waals surface area (Å²) in [5.41, 5.74) is 6.74. The van der Waals surface area contributed by atoms with Crippen LogP contribution in [0.4, 0.5) is 0 Å². The van der Waals surface area contributed by atoms with E-state index in [1.807, 2.05) is 24.3 Å². The molecular weight excluding hydrogens is 249 g/mol. The first-order valence-electron chi connectivity index (χ1n) is 4.06. The number of rotatable bonds is 2. The maximum atomic E-state index is 10.8. The molecular formula is C9H9CrN3OP+. The van der Waals surface area contributed by atoms with Crippen LogP contribution in [0, 0.1) is 0 Å². The van der Waals surface area contributed by atoms with Gasteiger partial charge in [-0.05, 0) is 0 Å². The predicted octanol–water partition coefficient (Wildman–Crippen LogP) is -0.453. The molecule has 0 unspecified atom stereocenters. The van der Waals surface area contributed by atoms with Gasteiger partial charge in [0.05, 0.1) is 0 Å². The summed E-state index contributed by atoms with van der Waals surface area (Å²) in [6.07, 6.45) is 0. The number of nitrogens with one attached hydrogen (secondary N) is 1. The number of H-pyrrole nitrogens is 1. The van der Waals surface area contributed by atoms with Gasteiger partial charge < -0.3 is 4.98 Å². The van der Waals surface area contributed by atoms with E-state index < -0.39 is 0 Å². The summed E-state index contributed by atoms with van der Waals surface area (Å²) in [4.78, 5) is 2.93. The average molecular weight is 258 g/mol. The van der Waals surface area contributed by atoms with Crippen LogP contribution in [-0.2, 0) is 21.9 Å². The molecule has 0 bridgehead atoms. The molecule has 0 saturated carbocycles. The van der Waals surface area contributed by atoms with Crippen molar-refractivity contribution in [3.63, 3.8) is 0 Å². The molecule has 1 heterocycles. The van der Waals surface area contributed by atoms with Crippen molar-refractivity contribution >= 4 is 30.5 Å². The van der Waals surface area contributed by atoms with E-state index in [-0.39, 0.29) is 31.7 Å². The molecule has 0 fully saturated rings. The molecule has 0 atom stereocenters. The molecule has 0 radical (unpaired) electrons. The maximum absolute atomic E-state index is 10.8. The molecule has 0 aliphatic rings. The van der Waals surface area contributed by atoms with Crippen LogP contribution in [0.15, 0.2) is 24.3 Å². The Morgan fingerprint density at radius 2 is 1.93 bits per heavy atom. The summed E-state index contributed by atoms with van der Waals surface area (Å²) in [5, 5.41) is 7.28. The number of amidine groups is 1. The summed E-state index contributed by atoms with van der Waals surface area (Å²) in [7, 11) is -0.0630. The summed E-state index contributed by atoms with van der Waals surface area (Å²) in [5.74, 6) is 0.205. The van der Waals surface area contributed by atoms with Crippen molar-refractivity contribution in [2.24, 2.45) is 5.73 Å². The molecule has 2 rings (SSSR count). The largest absolute Gasteiger partial charge is 0.341 e. The molecule has 15 heavy (non-hydrogen) atoms. The second kappa shape index (κ2) is 4.59. The Hall–Kier alpha value is -1.14. The number of hydrogen-bond acceptors (Lipinski definition) is 1. The monoisotopic (exact) mass is 258 g/mol. The molecule has 2 aromatic rings. The summed E-state index contributed by atoms with van der Waals surface area (Å²) in [6.45, 7) is 0. The quantitative estimate of drug-likeness (QED) is 0.387. The molecule has 0 aliphatic heterocycles. The molecule has 0 saturated heterocycles. The van der Waals surface area contributed by atoms with Gasteiger partial charge in [0.15, 0.2) is 0 Å². The van der Waals surface area contributed by atoms with Gasteiger partial charge in [-0.1, -0.05) is 24.3 Å². The Morgan fingerprint density at radius 1 is 1.33 bits per heavy atom. The molecule has 0 aliphatic carbocycles. The number of fused-ring (bicyclic) bond motifs is 1. The Bertz CT molecular complexity index is 523. The molecule has 76 valence electrons. The van der Waals surface area contributed by atoms with E-state index in [0.29, 0.717) is 11.1 Å². The second-order valence-electron chi connectivity index (χ2n) is 2.94. The average Bonchev–Trinajstić information content (AvgIpc) is 2.56. The van der Waals surface area contributed by atoms with Gasteiger partial charge in [0.2, 0.25) is 8.46 Å². The first-order chi connectivity index (χ1) is 6.74. The van der Waals surface area contributed by atoms with E-state index in [2.05, 4.69) is 4.98 Å². The van der Waals surface area contributed by atoms with Gasteiger partial charge in [-0.3, -0.25) is 15.7 Å². The first kappa shape index (κ1) is 11.9. The topological polar surface area (TPSA) is 84.5 Å². The van der Waals surface area contributed by atoms with E-state index in [1.54, 1.807) is 0 Å². The van der Waals surface area contributed by atoms with Crippen molar-refractivity contribution < 1.29 is 27.3 Å². The zero-order chi connectivity index (χ0) is 10.1. The van der Waals surface area contributed by atoms with Crippen LogP contribution in [0.3, 0.4) is 0 Å². The fraction of sp³-hybridized carbons (Fsp3) is 0. The third-order valence-electron chi connectivity index (χ3n) is 2.07. The van der Waals surface area contributed by atoms with Gasteiger partial charge in [-0.25, -0.2) is 0 Å². The molecule has 1 aromatic carbocycles. The van der Waals surface area contributed by atoms with Crippen molar-refractivity contribution in [2.75, 3.05) is 0 Å². The molecule has 0 amide bonds. The fourth-order valence-corrected chi connectivity index (χ4v) is 1.91. The summed E-state index contributed by atoms with van der Waals surface area (Å²) in [6, 6.07) is 7.52. The van der Waals surface area contributed by atoms with Gasteiger partial charge in [-0.2, -0.15) is 0 Å². The minimum Gasteiger partial charge on any atom is -0.341 e. The van der Waals surface area contributed by atoms with Gasteiger partial charge in [0.1, 0.15) is 11.1 Å². The van der Waals surface area contributed by atoms with E-state index in [9.17, 15) is 4.57 Å². The third-order valence-corrected chi connectivity index (χ3v) is 2.61. The second-order valence-corrected chi connectivity index (χ2v) is 3.57. The minimum absolute atomic E-state index is 0. The zero-order valence-corrected chi connectivity index (χ0v) is 9.90. The number of hydrogen-bond donors (Lipinski definition) is 3. The van der Waals surface area contributed by atoms with Crippen LogP contribution < -0.4 is 16.6 Å². The fourth-order valence-electron chi connectivity index (χ4n) is 1.46. The van der Waals surface area contributed by atoms with Gasteiger partial charge in [-0.15, -0.1) is 0 Å². The Balaban J connectivity index is 0.00000112.